The Morgan fingerprint density at radius 1 is 1.15 bits per heavy atom. The molecule has 4 rings (SSSR count). The van der Waals surface area contributed by atoms with Gasteiger partial charge in [0, 0.05) is 33.6 Å². The lowest BCUT2D eigenvalue weighted by Gasteiger charge is -2.40. The summed E-state index contributed by atoms with van der Waals surface area (Å²) in [5.74, 6) is 0.637. The number of benzene rings is 1. The molecule has 142 valence electrons. The fourth-order valence-electron chi connectivity index (χ4n) is 4.77. The minimum absolute atomic E-state index is 0.111. The van der Waals surface area contributed by atoms with Crippen molar-refractivity contribution in [2.24, 2.45) is 0 Å². The highest BCUT2D eigenvalue weighted by atomic mass is 32.1. The molecule has 1 aliphatic carbocycles. The van der Waals surface area contributed by atoms with Gasteiger partial charge in [-0.15, -0.1) is 11.3 Å². The molecule has 1 aliphatic heterocycles. The lowest BCUT2D eigenvalue weighted by molar-refractivity contribution is -0.129. The maximum atomic E-state index is 12.7. The third-order valence-electron chi connectivity index (χ3n) is 6.27. The summed E-state index contributed by atoms with van der Waals surface area (Å²) in [5.41, 5.74) is 2.86. The van der Waals surface area contributed by atoms with Gasteiger partial charge in [-0.25, -0.2) is 0 Å². The lowest BCUT2D eigenvalue weighted by Crippen LogP contribution is -2.44. The van der Waals surface area contributed by atoms with Gasteiger partial charge in [0.1, 0.15) is 0 Å². The molecule has 0 bridgehead atoms. The van der Waals surface area contributed by atoms with Crippen LogP contribution in [0, 0.1) is 0 Å². The van der Waals surface area contributed by atoms with E-state index in [4.69, 9.17) is 0 Å². The van der Waals surface area contributed by atoms with Crippen LogP contribution in [0.3, 0.4) is 0 Å². The van der Waals surface area contributed by atoms with Crippen molar-refractivity contribution < 1.29 is 9.59 Å². The average molecular weight is 383 g/mol. The highest BCUT2D eigenvalue weighted by molar-refractivity contribution is 7.12. The Hall–Kier alpha value is -2.14. The van der Waals surface area contributed by atoms with E-state index in [1.165, 1.54) is 22.5 Å². The second kappa shape index (κ2) is 7.12. The third-order valence-corrected chi connectivity index (χ3v) is 7.13. The van der Waals surface area contributed by atoms with Crippen LogP contribution in [0.2, 0.25) is 0 Å². The highest BCUT2D eigenvalue weighted by Gasteiger charge is 2.46. The molecule has 0 saturated carbocycles. The predicted octanol–water partition coefficient (Wildman–Crippen LogP) is 3.89. The van der Waals surface area contributed by atoms with E-state index < -0.39 is 0 Å². The summed E-state index contributed by atoms with van der Waals surface area (Å²) in [5, 5.41) is 1.96. The van der Waals surface area contributed by atoms with Gasteiger partial charge < -0.3 is 9.80 Å². The summed E-state index contributed by atoms with van der Waals surface area (Å²) in [4.78, 5) is 29.5. The minimum Gasteiger partial charge on any atom is -0.349 e. The van der Waals surface area contributed by atoms with Gasteiger partial charge in [-0.05, 0) is 53.2 Å². The number of fused-ring (bicyclic) bond motifs is 2. The number of hydrogen-bond donors (Lipinski definition) is 0. The summed E-state index contributed by atoms with van der Waals surface area (Å²) >= 11 is 1.51. The van der Waals surface area contributed by atoms with Gasteiger partial charge >= 0.3 is 0 Å². The SMILES string of the molecule is CN(C)C(=O)C[C@H]1CC2(CCN(C(=O)c3cccs3)CC2)c2ccccc21. The number of rotatable bonds is 3. The number of carbonyl (C=O) groups is 2. The first-order chi connectivity index (χ1) is 13.0. The molecule has 1 atom stereocenters. The molecule has 0 unspecified atom stereocenters. The van der Waals surface area contributed by atoms with E-state index in [-0.39, 0.29) is 23.1 Å². The van der Waals surface area contributed by atoms with Gasteiger partial charge in [-0.2, -0.15) is 0 Å². The molecule has 1 aromatic heterocycles. The third kappa shape index (κ3) is 3.29. The lowest BCUT2D eigenvalue weighted by atomic mass is 9.73. The number of piperidine rings is 1. The smallest absolute Gasteiger partial charge is 0.263 e. The van der Waals surface area contributed by atoms with Crippen molar-refractivity contribution in [1.29, 1.82) is 0 Å². The Morgan fingerprint density at radius 3 is 2.56 bits per heavy atom. The van der Waals surface area contributed by atoms with Gasteiger partial charge in [0.15, 0.2) is 0 Å². The Bertz CT molecular complexity index is 836. The normalized spacial score (nSPS) is 20.5. The van der Waals surface area contributed by atoms with Crippen LogP contribution in [0.15, 0.2) is 41.8 Å². The average Bonchev–Trinajstić information content (AvgIpc) is 3.30. The molecule has 4 nitrogen and oxygen atoms in total. The van der Waals surface area contributed by atoms with Crippen molar-refractivity contribution in [1.82, 2.24) is 9.80 Å². The van der Waals surface area contributed by atoms with Gasteiger partial charge in [-0.3, -0.25) is 9.59 Å². The summed E-state index contributed by atoms with van der Waals surface area (Å²) in [7, 11) is 3.65. The predicted molar refractivity (Wildman–Crippen MR) is 108 cm³/mol. The zero-order valence-corrected chi connectivity index (χ0v) is 16.8. The van der Waals surface area contributed by atoms with Crippen LogP contribution in [-0.4, -0.2) is 48.8 Å². The van der Waals surface area contributed by atoms with Gasteiger partial charge in [-0.1, -0.05) is 30.3 Å². The van der Waals surface area contributed by atoms with Crippen molar-refractivity contribution in [2.45, 2.75) is 37.0 Å². The minimum atomic E-state index is 0.111. The van der Waals surface area contributed by atoms with E-state index in [1.54, 1.807) is 4.90 Å². The number of thiophene rings is 1. The number of likely N-dealkylation sites (tertiary alicyclic amines) is 1. The van der Waals surface area contributed by atoms with Gasteiger partial charge in [0.05, 0.1) is 4.88 Å². The van der Waals surface area contributed by atoms with Crippen LogP contribution < -0.4 is 0 Å². The van der Waals surface area contributed by atoms with Crippen LogP contribution in [0.1, 0.15) is 52.4 Å². The van der Waals surface area contributed by atoms with Crippen LogP contribution in [-0.2, 0) is 10.2 Å². The molecule has 1 saturated heterocycles. The summed E-state index contributed by atoms with van der Waals surface area (Å²) in [6.45, 7) is 1.58. The molecule has 0 N–H and O–H groups in total. The van der Waals surface area contributed by atoms with E-state index in [0.29, 0.717) is 6.42 Å². The van der Waals surface area contributed by atoms with E-state index in [1.807, 2.05) is 36.5 Å². The molecule has 1 fully saturated rings. The number of carbonyl (C=O) groups excluding carboxylic acids is 2. The van der Waals surface area contributed by atoms with Crippen molar-refractivity contribution in [3.8, 4) is 0 Å². The molecule has 1 spiro atoms. The molecule has 2 amide bonds. The first-order valence-electron chi connectivity index (χ1n) is 9.62. The number of amides is 2. The fourth-order valence-corrected chi connectivity index (χ4v) is 5.46. The Kier molecular flexibility index (Phi) is 4.81. The van der Waals surface area contributed by atoms with Crippen molar-refractivity contribution in [3.05, 3.63) is 57.8 Å². The first-order valence-corrected chi connectivity index (χ1v) is 10.5. The van der Waals surface area contributed by atoms with E-state index in [2.05, 4.69) is 24.3 Å². The second-order valence-corrected chi connectivity index (χ2v) is 8.98. The van der Waals surface area contributed by atoms with Crippen molar-refractivity contribution >= 4 is 23.2 Å². The molecule has 0 radical (unpaired) electrons. The maximum absolute atomic E-state index is 12.7. The number of hydrogen-bond acceptors (Lipinski definition) is 3. The zero-order valence-electron chi connectivity index (χ0n) is 16.0. The van der Waals surface area contributed by atoms with Crippen LogP contribution in [0.25, 0.3) is 0 Å². The van der Waals surface area contributed by atoms with Crippen molar-refractivity contribution in [3.63, 3.8) is 0 Å². The molecule has 5 heteroatoms. The molecule has 2 aliphatic rings. The molecule has 2 heterocycles. The first kappa shape index (κ1) is 18.2. The molecular formula is C22H26N2O2S. The number of nitrogens with zero attached hydrogens (tertiary/aromatic N) is 2. The fraction of sp³-hybridized carbons (Fsp3) is 0.455. The Labute approximate surface area is 164 Å². The highest BCUT2D eigenvalue weighted by Crippen LogP contribution is 2.52. The molecule has 2 aromatic rings. The zero-order chi connectivity index (χ0) is 19.0. The summed E-state index contributed by atoms with van der Waals surface area (Å²) < 4.78 is 0. The Morgan fingerprint density at radius 2 is 1.89 bits per heavy atom. The standard InChI is InChI=1S/C22H26N2O2S/c1-23(2)20(25)14-16-15-22(18-7-4-3-6-17(16)18)9-11-24(12-10-22)21(26)19-8-5-13-27-19/h3-8,13,16H,9-12,14-15H2,1-2H3/t16-/m0/s1. The van der Waals surface area contributed by atoms with Gasteiger partial charge in [0.25, 0.3) is 5.91 Å². The second-order valence-electron chi connectivity index (χ2n) is 8.03. The topological polar surface area (TPSA) is 40.6 Å². The van der Waals surface area contributed by atoms with Gasteiger partial charge in [0.2, 0.25) is 5.91 Å². The van der Waals surface area contributed by atoms with Crippen LogP contribution >= 0.6 is 11.3 Å². The largest absolute Gasteiger partial charge is 0.349 e. The van der Waals surface area contributed by atoms with Crippen LogP contribution in [0.5, 0.6) is 0 Å². The van der Waals surface area contributed by atoms with E-state index in [9.17, 15) is 9.59 Å². The van der Waals surface area contributed by atoms with Crippen molar-refractivity contribution in [2.75, 3.05) is 27.2 Å². The summed E-state index contributed by atoms with van der Waals surface area (Å²) in [6, 6.07) is 12.5. The Balaban J connectivity index is 1.52. The summed E-state index contributed by atoms with van der Waals surface area (Å²) in [6.07, 6.45) is 3.55. The molecule has 1 aromatic carbocycles. The maximum Gasteiger partial charge on any atom is 0.263 e. The quantitative estimate of drug-likeness (QED) is 0.808. The molecular weight excluding hydrogens is 356 g/mol. The van der Waals surface area contributed by atoms with Crippen LogP contribution in [0.4, 0.5) is 0 Å². The monoisotopic (exact) mass is 382 g/mol. The van der Waals surface area contributed by atoms with E-state index >= 15 is 0 Å². The molecule has 27 heavy (non-hydrogen) atoms. The van der Waals surface area contributed by atoms with E-state index in [0.717, 1.165) is 37.2 Å².